The molecule has 2 fully saturated rings. The molecule has 0 radical (unpaired) electrons. The van der Waals surface area contributed by atoms with E-state index in [0.29, 0.717) is 25.4 Å². The molecule has 1 unspecified atom stereocenters. The number of hydrogen-bond donors (Lipinski definition) is 1. The van der Waals surface area contributed by atoms with Crippen molar-refractivity contribution in [2.45, 2.75) is 40.0 Å². The summed E-state index contributed by atoms with van der Waals surface area (Å²) in [6, 6.07) is 0.0303. The first-order chi connectivity index (χ1) is 9.29. The molecule has 2 saturated heterocycles. The van der Waals surface area contributed by atoms with Crippen molar-refractivity contribution in [3.05, 3.63) is 0 Å². The lowest BCUT2D eigenvalue weighted by Gasteiger charge is -2.34. The first-order valence-corrected chi connectivity index (χ1v) is 7.55. The molecule has 0 aromatic rings. The Bertz CT molecular complexity index is 389. The van der Waals surface area contributed by atoms with Crippen LogP contribution in [0, 0.1) is 17.3 Å². The molecule has 2 rings (SSSR count). The van der Waals surface area contributed by atoms with Gasteiger partial charge in [0.25, 0.3) is 0 Å². The number of hydrogen-bond acceptors (Lipinski definition) is 2. The van der Waals surface area contributed by atoms with Gasteiger partial charge in [0.1, 0.15) is 0 Å². The summed E-state index contributed by atoms with van der Waals surface area (Å²) in [7, 11) is 0. The van der Waals surface area contributed by atoms with Crippen LogP contribution in [0.1, 0.15) is 40.0 Å². The largest absolute Gasteiger partial charge is 0.481 e. The van der Waals surface area contributed by atoms with Gasteiger partial charge in [0.2, 0.25) is 0 Å². The topological polar surface area (TPSA) is 60.9 Å². The summed E-state index contributed by atoms with van der Waals surface area (Å²) in [6.45, 7) is 9.31. The Balaban J connectivity index is 1.93. The summed E-state index contributed by atoms with van der Waals surface area (Å²) in [6.07, 6.45) is 2.52. The predicted octanol–water partition coefficient (Wildman–Crippen LogP) is 2.27. The second kappa shape index (κ2) is 5.62. The Hall–Kier alpha value is -1.26. The Morgan fingerprint density at radius 1 is 1.05 bits per heavy atom. The number of nitrogens with zero attached hydrogens (tertiary/aromatic N) is 2. The van der Waals surface area contributed by atoms with Gasteiger partial charge < -0.3 is 14.9 Å². The van der Waals surface area contributed by atoms with Crippen molar-refractivity contribution in [1.82, 2.24) is 9.80 Å². The molecule has 2 heterocycles. The van der Waals surface area contributed by atoms with Gasteiger partial charge in [0.15, 0.2) is 0 Å². The first kappa shape index (κ1) is 15.1. The van der Waals surface area contributed by atoms with Crippen molar-refractivity contribution in [3.8, 4) is 0 Å². The minimum Gasteiger partial charge on any atom is -0.481 e. The van der Waals surface area contributed by atoms with Crippen LogP contribution in [0.4, 0.5) is 4.79 Å². The average Bonchev–Trinajstić information content (AvgIpc) is 2.87. The van der Waals surface area contributed by atoms with Crippen molar-refractivity contribution in [3.63, 3.8) is 0 Å². The number of carboxylic acid groups (broad SMARTS) is 1. The van der Waals surface area contributed by atoms with E-state index < -0.39 is 11.9 Å². The Kier molecular flexibility index (Phi) is 4.25. The number of carboxylic acids is 1. The highest BCUT2D eigenvalue weighted by Crippen LogP contribution is 2.34. The number of amides is 2. The van der Waals surface area contributed by atoms with E-state index in [0.717, 1.165) is 25.9 Å². The van der Waals surface area contributed by atoms with Crippen LogP contribution in [-0.2, 0) is 4.79 Å². The molecule has 114 valence electrons. The third-order valence-corrected chi connectivity index (χ3v) is 4.72. The van der Waals surface area contributed by atoms with Crippen LogP contribution in [0.25, 0.3) is 0 Å². The van der Waals surface area contributed by atoms with E-state index >= 15 is 0 Å². The maximum atomic E-state index is 12.5. The van der Waals surface area contributed by atoms with Crippen LogP contribution in [0.15, 0.2) is 0 Å². The first-order valence-electron chi connectivity index (χ1n) is 7.55. The van der Waals surface area contributed by atoms with Gasteiger partial charge in [0.05, 0.1) is 5.92 Å². The lowest BCUT2D eigenvalue weighted by molar-refractivity contribution is -0.143. The van der Waals surface area contributed by atoms with Gasteiger partial charge in [0, 0.05) is 26.2 Å². The van der Waals surface area contributed by atoms with Gasteiger partial charge in [-0.1, -0.05) is 20.8 Å². The zero-order chi connectivity index (χ0) is 14.9. The molecule has 0 aliphatic carbocycles. The maximum Gasteiger partial charge on any atom is 0.320 e. The van der Waals surface area contributed by atoms with Crippen molar-refractivity contribution in [1.29, 1.82) is 0 Å². The van der Waals surface area contributed by atoms with Crippen LogP contribution >= 0.6 is 0 Å². The fourth-order valence-corrected chi connectivity index (χ4v) is 3.19. The van der Waals surface area contributed by atoms with Gasteiger partial charge >= 0.3 is 12.0 Å². The SMILES string of the molecule is CC(C)(C)C1CCN(C(=O)N2CCC[C@@H](C(=O)O)C2)C1. The molecule has 2 aliphatic heterocycles. The zero-order valence-corrected chi connectivity index (χ0v) is 12.8. The standard InChI is InChI=1S/C15H26N2O3/c1-15(2,3)12-6-8-17(10-12)14(20)16-7-4-5-11(9-16)13(18)19/h11-12H,4-10H2,1-3H3,(H,18,19)/t11-,12?/m1/s1. The number of carbonyl (C=O) groups is 2. The van der Waals surface area contributed by atoms with Crippen LogP contribution in [0.2, 0.25) is 0 Å². The third kappa shape index (κ3) is 3.25. The molecule has 20 heavy (non-hydrogen) atoms. The lowest BCUT2D eigenvalue weighted by atomic mass is 9.80. The number of piperidine rings is 1. The quantitative estimate of drug-likeness (QED) is 0.802. The molecule has 5 heteroatoms. The molecule has 1 N–H and O–H groups in total. The molecule has 2 amide bonds. The summed E-state index contributed by atoms with van der Waals surface area (Å²) in [5.74, 6) is -0.642. The monoisotopic (exact) mass is 282 g/mol. The van der Waals surface area contributed by atoms with E-state index in [1.165, 1.54) is 0 Å². The minimum absolute atomic E-state index is 0.0303. The van der Waals surface area contributed by atoms with Crippen LogP contribution in [0.5, 0.6) is 0 Å². The molecule has 0 bridgehead atoms. The Labute approximate surface area is 120 Å². The summed E-state index contributed by atoms with van der Waals surface area (Å²) in [5.41, 5.74) is 0.223. The van der Waals surface area contributed by atoms with Crippen molar-refractivity contribution in [2.75, 3.05) is 26.2 Å². The molecular weight excluding hydrogens is 256 g/mol. The van der Waals surface area contributed by atoms with Gasteiger partial charge in [-0.05, 0) is 30.6 Å². The summed E-state index contributed by atoms with van der Waals surface area (Å²) >= 11 is 0. The molecule has 5 nitrogen and oxygen atoms in total. The Morgan fingerprint density at radius 2 is 1.70 bits per heavy atom. The highest BCUT2D eigenvalue weighted by molar-refractivity contribution is 5.77. The molecular formula is C15H26N2O3. The van der Waals surface area contributed by atoms with Crippen molar-refractivity contribution < 1.29 is 14.7 Å². The summed E-state index contributed by atoms with van der Waals surface area (Å²) in [5, 5.41) is 9.10. The molecule has 2 aliphatic rings. The van der Waals surface area contributed by atoms with Crippen molar-refractivity contribution in [2.24, 2.45) is 17.3 Å². The summed E-state index contributed by atoms with van der Waals surface area (Å²) in [4.78, 5) is 27.2. The van der Waals surface area contributed by atoms with E-state index in [4.69, 9.17) is 5.11 Å². The number of likely N-dealkylation sites (tertiary alicyclic amines) is 2. The second-order valence-corrected chi connectivity index (χ2v) is 7.20. The molecule has 0 spiro atoms. The third-order valence-electron chi connectivity index (χ3n) is 4.72. The summed E-state index contributed by atoms with van der Waals surface area (Å²) < 4.78 is 0. The van der Waals surface area contributed by atoms with Gasteiger partial charge in [-0.15, -0.1) is 0 Å². The van der Waals surface area contributed by atoms with Gasteiger partial charge in [-0.3, -0.25) is 4.79 Å². The predicted molar refractivity (Wildman–Crippen MR) is 76.5 cm³/mol. The highest BCUT2D eigenvalue weighted by Gasteiger charge is 2.37. The van der Waals surface area contributed by atoms with Gasteiger partial charge in [-0.25, -0.2) is 4.79 Å². The second-order valence-electron chi connectivity index (χ2n) is 7.20. The maximum absolute atomic E-state index is 12.5. The number of urea groups is 1. The van der Waals surface area contributed by atoms with E-state index in [2.05, 4.69) is 20.8 Å². The fraction of sp³-hybridized carbons (Fsp3) is 0.867. The molecule has 0 saturated carbocycles. The number of aliphatic carboxylic acids is 1. The van der Waals surface area contributed by atoms with E-state index in [9.17, 15) is 9.59 Å². The highest BCUT2D eigenvalue weighted by atomic mass is 16.4. The normalized spacial score (nSPS) is 27.8. The average molecular weight is 282 g/mol. The number of carbonyl (C=O) groups excluding carboxylic acids is 1. The smallest absolute Gasteiger partial charge is 0.320 e. The van der Waals surface area contributed by atoms with Crippen LogP contribution in [0.3, 0.4) is 0 Å². The van der Waals surface area contributed by atoms with E-state index in [-0.39, 0.29) is 11.4 Å². The van der Waals surface area contributed by atoms with Crippen LogP contribution < -0.4 is 0 Å². The molecule has 2 atom stereocenters. The van der Waals surface area contributed by atoms with Crippen LogP contribution in [-0.4, -0.2) is 53.1 Å². The minimum atomic E-state index is -0.781. The zero-order valence-electron chi connectivity index (χ0n) is 12.8. The number of rotatable bonds is 1. The van der Waals surface area contributed by atoms with Gasteiger partial charge in [-0.2, -0.15) is 0 Å². The molecule has 0 aromatic heterocycles. The lowest BCUT2D eigenvalue weighted by Crippen LogP contribution is -2.48. The fourth-order valence-electron chi connectivity index (χ4n) is 3.19. The Morgan fingerprint density at radius 3 is 2.25 bits per heavy atom. The molecule has 0 aromatic carbocycles. The van der Waals surface area contributed by atoms with E-state index in [1.54, 1.807) is 4.90 Å². The van der Waals surface area contributed by atoms with Crippen molar-refractivity contribution >= 4 is 12.0 Å². The van der Waals surface area contributed by atoms with E-state index in [1.807, 2.05) is 4.90 Å².